The van der Waals surface area contributed by atoms with Crippen LogP contribution in [0.3, 0.4) is 0 Å². The smallest absolute Gasteiger partial charge is 0.408 e. The molecular weight excluding hydrogens is 182 g/mol. The van der Waals surface area contributed by atoms with Crippen LogP contribution in [0.1, 0.15) is 27.2 Å². The van der Waals surface area contributed by atoms with Gasteiger partial charge >= 0.3 is 6.09 Å². The highest BCUT2D eigenvalue weighted by Crippen LogP contribution is 2.06. The Morgan fingerprint density at radius 2 is 2.21 bits per heavy atom. The Hall–Kier alpha value is -1.50. The van der Waals surface area contributed by atoms with Gasteiger partial charge in [-0.15, -0.1) is 12.3 Å². The van der Waals surface area contributed by atoms with Crippen molar-refractivity contribution in [2.45, 2.75) is 38.8 Å². The molecule has 0 rings (SSSR count). The van der Waals surface area contributed by atoms with E-state index < -0.39 is 17.7 Å². The van der Waals surface area contributed by atoms with Crippen LogP contribution in [0, 0.1) is 12.3 Å². The van der Waals surface area contributed by atoms with Gasteiger partial charge in [0.15, 0.2) is 0 Å². The summed E-state index contributed by atoms with van der Waals surface area (Å²) in [5.41, 5.74) is -0.576. The fourth-order valence-electron chi connectivity index (χ4n) is 0.719. The Balaban J connectivity index is 4.05. The molecule has 0 aromatic heterocycles. The van der Waals surface area contributed by atoms with Crippen LogP contribution in [0.2, 0.25) is 0 Å². The summed E-state index contributed by atoms with van der Waals surface area (Å²) in [6.07, 6.45) is 5.13. The first kappa shape index (κ1) is 12.5. The maximum Gasteiger partial charge on any atom is 0.408 e. The first-order chi connectivity index (χ1) is 6.39. The molecule has 1 atom stereocenters. The third-order valence-corrected chi connectivity index (χ3v) is 1.20. The number of hydrogen-bond donors (Lipinski definition) is 1. The first-order valence-electron chi connectivity index (χ1n) is 4.27. The van der Waals surface area contributed by atoms with Crippen molar-refractivity contribution in [1.29, 1.82) is 0 Å². The van der Waals surface area contributed by atoms with E-state index in [1.165, 1.54) is 0 Å². The standard InChI is InChI=1S/C10H15NO3/c1-5-6-8(7-12)11-9(13)14-10(2,3)4/h1,7-8H,6H2,2-4H3,(H,11,13)/t8-/m0/s1. The zero-order chi connectivity index (χ0) is 11.2. The average molecular weight is 197 g/mol. The Morgan fingerprint density at radius 1 is 1.64 bits per heavy atom. The zero-order valence-electron chi connectivity index (χ0n) is 8.66. The molecule has 0 fully saturated rings. The molecule has 0 saturated carbocycles. The molecule has 4 heteroatoms. The highest BCUT2D eigenvalue weighted by atomic mass is 16.6. The van der Waals surface area contributed by atoms with Gasteiger partial charge in [0.1, 0.15) is 11.9 Å². The highest BCUT2D eigenvalue weighted by molar-refractivity contribution is 5.73. The Morgan fingerprint density at radius 3 is 2.57 bits per heavy atom. The topological polar surface area (TPSA) is 55.4 Å². The number of carbonyl (C=O) groups excluding carboxylic acids is 2. The van der Waals surface area contributed by atoms with E-state index in [4.69, 9.17) is 11.2 Å². The van der Waals surface area contributed by atoms with Crippen molar-refractivity contribution >= 4 is 12.4 Å². The van der Waals surface area contributed by atoms with Crippen LogP contribution >= 0.6 is 0 Å². The zero-order valence-corrected chi connectivity index (χ0v) is 8.66. The van der Waals surface area contributed by atoms with Crippen LogP contribution < -0.4 is 5.32 Å². The van der Waals surface area contributed by atoms with Gasteiger partial charge in [0.25, 0.3) is 0 Å². The van der Waals surface area contributed by atoms with Gasteiger partial charge in [-0.2, -0.15) is 0 Å². The summed E-state index contributed by atoms with van der Waals surface area (Å²) in [6, 6.07) is -0.671. The second-order valence-electron chi connectivity index (χ2n) is 3.80. The predicted molar refractivity (Wildman–Crippen MR) is 52.7 cm³/mol. The molecule has 0 saturated heterocycles. The fourth-order valence-corrected chi connectivity index (χ4v) is 0.719. The van der Waals surface area contributed by atoms with Gasteiger partial charge in [0.2, 0.25) is 0 Å². The van der Waals surface area contributed by atoms with E-state index in [1.807, 2.05) is 0 Å². The maximum absolute atomic E-state index is 11.1. The van der Waals surface area contributed by atoms with E-state index in [-0.39, 0.29) is 6.42 Å². The normalized spacial score (nSPS) is 12.4. The summed E-state index contributed by atoms with van der Waals surface area (Å²) < 4.78 is 4.94. The number of hydrogen-bond acceptors (Lipinski definition) is 3. The van der Waals surface area contributed by atoms with E-state index >= 15 is 0 Å². The molecule has 14 heavy (non-hydrogen) atoms. The molecule has 0 bridgehead atoms. The van der Waals surface area contributed by atoms with Crippen LogP contribution in [0.15, 0.2) is 0 Å². The van der Waals surface area contributed by atoms with Crippen molar-refractivity contribution in [3.8, 4) is 12.3 Å². The van der Waals surface area contributed by atoms with E-state index in [9.17, 15) is 9.59 Å². The van der Waals surface area contributed by atoms with Crippen LogP contribution in [-0.4, -0.2) is 24.0 Å². The largest absolute Gasteiger partial charge is 0.444 e. The SMILES string of the molecule is C#CC[C@@H](C=O)NC(=O)OC(C)(C)C. The number of nitrogens with one attached hydrogen (secondary N) is 1. The number of ether oxygens (including phenoxy) is 1. The van der Waals surface area contributed by atoms with Crippen LogP contribution in [0.25, 0.3) is 0 Å². The van der Waals surface area contributed by atoms with E-state index in [0.717, 1.165) is 0 Å². The Labute approximate surface area is 84.0 Å². The number of rotatable bonds is 3. The molecule has 0 unspecified atom stereocenters. The van der Waals surface area contributed by atoms with Gasteiger partial charge in [-0.3, -0.25) is 0 Å². The summed E-state index contributed by atoms with van der Waals surface area (Å²) in [4.78, 5) is 21.6. The molecule has 0 radical (unpaired) electrons. The maximum atomic E-state index is 11.1. The third kappa shape index (κ3) is 6.06. The van der Waals surface area contributed by atoms with Gasteiger partial charge in [-0.25, -0.2) is 4.79 Å². The lowest BCUT2D eigenvalue weighted by atomic mass is 10.2. The van der Waals surface area contributed by atoms with Crippen LogP contribution in [0.5, 0.6) is 0 Å². The summed E-state index contributed by atoms with van der Waals surface area (Å²) in [5.74, 6) is 2.29. The van der Waals surface area contributed by atoms with Crippen molar-refractivity contribution in [3.63, 3.8) is 0 Å². The average Bonchev–Trinajstić information content (AvgIpc) is 2.00. The minimum absolute atomic E-state index is 0.169. The molecule has 0 spiro atoms. The van der Waals surface area contributed by atoms with Crippen molar-refractivity contribution in [2.24, 2.45) is 0 Å². The monoisotopic (exact) mass is 197 g/mol. The third-order valence-electron chi connectivity index (χ3n) is 1.20. The summed E-state index contributed by atoms with van der Waals surface area (Å²) >= 11 is 0. The van der Waals surface area contributed by atoms with Gasteiger partial charge in [-0.1, -0.05) is 0 Å². The van der Waals surface area contributed by atoms with Gasteiger partial charge in [0.05, 0.1) is 6.04 Å². The second-order valence-corrected chi connectivity index (χ2v) is 3.80. The molecule has 4 nitrogen and oxygen atoms in total. The number of carbonyl (C=O) groups is 2. The number of alkyl carbamates (subject to hydrolysis) is 1. The summed E-state index contributed by atoms with van der Waals surface area (Å²) in [6.45, 7) is 5.22. The molecule has 0 aliphatic heterocycles. The van der Waals surface area contributed by atoms with E-state index in [1.54, 1.807) is 20.8 Å². The van der Waals surface area contributed by atoms with Crippen molar-refractivity contribution in [3.05, 3.63) is 0 Å². The van der Waals surface area contributed by atoms with Crippen molar-refractivity contribution in [1.82, 2.24) is 5.32 Å². The fraction of sp³-hybridized carbons (Fsp3) is 0.600. The molecule has 0 aromatic rings. The first-order valence-corrected chi connectivity index (χ1v) is 4.27. The lowest BCUT2D eigenvalue weighted by Crippen LogP contribution is -2.39. The predicted octanol–water partition coefficient (Wildman–Crippen LogP) is 1.10. The molecular formula is C10H15NO3. The number of terminal acetylenes is 1. The molecule has 1 N–H and O–H groups in total. The second kappa shape index (κ2) is 5.28. The van der Waals surface area contributed by atoms with Crippen LogP contribution in [-0.2, 0) is 9.53 Å². The molecule has 1 amide bonds. The molecule has 0 aliphatic carbocycles. The summed E-state index contributed by atoms with van der Waals surface area (Å²) in [7, 11) is 0. The van der Waals surface area contributed by atoms with E-state index in [0.29, 0.717) is 6.29 Å². The molecule has 78 valence electrons. The summed E-state index contributed by atoms with van der Waals surface area (Å²) in [5, 5.41) is 2.35. The highest BCUT2D eigenvalue weighted by Gasteiger charge is 2.18. The minimum atomic E-state index is -0.671. The Bertz CT molecular complexity index is 247. The van der Waals surface area contributed by atoms with E-state index in [2.05, 4.69) is 11.2 Å². The lowest BCUT2D eigenvalue weighted by molar-refractivity contribution is -0.109. The Kier molecular flexibility index (Phi) is 4.71. The lowest BCUT2D eigenvalue weighted by Gasteiger charge is -2.20. The number of amides is 1. The minimum Gasteiger partial charge on any atom is -0.444 e. The van der Waals surface area contributed by atoms with Crippen molar-refractivity contribution < 1.29 is 14.3 Å². The molecule has 0 aliphatic rings. The molecule has 0 heterocycles. The van der Waals surface area contributed by atoms with Gasteiger partial charge < -0.3 is 14.8 Å². The van der Waals surface area contributed by atoms with Gasteiger partial charge in [0, 0.05) is 6.42 Å². The van der Waals surface area contributed by atoms with Gasteiger partial charge in [-0.05, 0) is 20.8 Å². The molecule has 0 aromatic carbocycles. The quantitative estimate of drug-likeness (QED) is 0.544. The van der Waals surface area contributed by atoms with Crippen molar-refractivity contribution in [2.75, 3.05) is 0 Å². The van der Waals surface area contributed by atoms with Crippen LogP contribution in [0.4, 0.5) is 4.79 Å². The number of aldehydes is 1.